The van der Waals surface area contributed by atoms with Crippen molar-refractivity contribution in [3.8, 4) is 0 Å². The molecule has 0 saturated heterocycles. The lowest BCUT2D eigenvalue weighted by molar-refractivity contribution is -0.171. The van der Waals surface area contributed by atoms with Crippen LogP contribution >= 0.6 is 50.5 Å². The van der Waals surface area contributed by atoms with Crippen molar-refractivity contribution < 1.29 is 24.5 Å². The molecule has 1 rings (SSSR count). The molecule has 0 aliphatic heterocycles. The molecule has 2 unspecified atom stereocenters. The Morgan fingerprint density at radius 2 is 1.81 bits per heavy atom. The highest BCUT2D eigenvalue weighted by atomic mass is 32.2. The molecule has 160 valence electrons. The molecule has 1 aliphatic carbocycles. The smallest absolute Gasteiger partial charge is 0.334 e. The van der Waals surface area contributed by atoms with Gasteiger partial charge < -0.3 is 19.7 Å². The van der Waals surface area contributed by atoms with Crippen LogP contribution in [0, 0.1) is 17.3 Å². The van der Waals surface area contributed by atoms with Crippen LogP contribution in [0.2, 0.25) is 0 Å². The Bertz CT molecular complexity index is 482. The SMILES string of the molecule is CC1CCCC(OCC(CO)(CO)COC(=O)C(S)(S)C(S)S)(C(C)C)C1. The van der Waals surface area contributed by atoms with E-state index in [2.05, 4.69) is 71.3 Å². The number of hydrogen-bond donors (Lipinski definition) is 6. The summed E-state index contributed by atoms with van der Waals surface area (Å²) in [4.78, 5) is 12.2. The summed E-state index contributed by atoms with van der Waals surface area (Å²) in [5.74, 6) is 0.128. The molecule has 2 N–H and O–H groups in total. The lowest BCUT2D eigenvalue weighted by atomic mass is 9.72. The van der Waals surface area contributed by atoms with Gasteiger partial charge in [0.25, 0.3) is 0 Å². The van der Waals surface area contributed by atoms with Crippen molar-refractivity contribution in [2.45, 2.75) is 60.7 Å². The number of thiol groups is 4. The minimum atomic E-state index is -1.50. The maximum absolute atomic E-state index is 12.2. The summed E-state index contributed by atoms with van der Waals surface area (Å²) in [6, 6.07) is 0. The van der Waals surface area contributed by atoms with Gasteiger partial charge in [0.2, 0.25) is 0 Å². The Labute approximate surface area is 185 Å². The fourth-order valence-corrected chi connectivity index (χ4v) is 3.71. The van der Waals surface area contributed by atoms with Gasteiger partial charge in [-0.25, -0.2) is 4.79 Å². The summed E-state index contributed by atoms with van der Waals surface area (Å²) in [7, 11) is 0. The quantitative estimate of drug-likeness (QED) is 0.172. The van der Waals surface area contributed by atoms with E-state index in [1.54, 1.807) is 0 Å². The Morgan fingerprint density at radius 1 is 1.22 bits per heavy atom. The molecule has 5 nitrogen and oxygen atoms in total. The maximum atomic E-state index is 12.2. The number of aliphatic hydroxyl groups is 2. The zero-order valence-electron chi connectivity index (χ0n) is 16.3. The van der Waals surface area contributed by atoms with Crippen LogP contribution in [0.4, 0.5) is 0 Å². The van der Waals surface area contributed by atoms with Gasteiger partial charge in [0.15, 0.2) is 4.08 Å². The van der Waals surface area contributed by atoms with Crippen LogP contribution in [0.3, 0.4) is 0 Å². The number of carbonyl (C=O) groups is 1. The molecule has 0 aromatic heterocycles. The first-order valence-corrected chi connectivity index (χ1v) is 11.2. The number of hydrogen-bond acceptors (Lipinski definition) is 9. The lowest BCUT2D eigenvalue weighted by Crippen LogP contribution is -2.49. The molecule has 1 aliphatic rings. The second kappa shape index (κ2) is 10.7. The second-order valence-electron chi connectivity index (χ2n) is 8.20. The normalized spacial score (nSPS) is 24.5. The van der Waals surface area contributed by atoms with E-state index >= 15 is 0 Å². The van der Waals surface area contributed by atoms with Crippen LogP contribution in [0.25, 0.3) is 0 Å². The van der Waals surface area contributed by atoms with E-state index in [0.717, 1.165) is 19.3 Å². The van der Waals surface area contributed by atoms with Gasteiger partial charge in [-0.1, -0.05) is 33.6 Å². The summed E-state index contributed by atoms with van der Waals surface area (Å²) in [6.45, 7) is 5.61. The van der Waals surface area contributed by atoms with Crippen molar-refractivity contribution in [1.29, 1.82) is 0 Å². The minimum absolute atomic E-state index is 0.0928. The second-order valence-corrected chi connectivity index (χ2v) is 11.4. The van der Waals surface area contributed by atoms with Crippen LogP contribution < -0.4 is 0 Å². The van der Waals surface area contributed by atoms with Crippen LogP contribution in [-0.4, -0.2) is 56.9 Å². The molecule has 0 bridgehead atoms. The number of esters is 1. The van der Waals surface area contributed by atoms with Gasteiger partial charge in [-0.3, -0.25) is 0 Å². The highest BCUT2D eigenvalue weighted by molar-refractivity contribution is 8.08. The third-order valence-corrected chi connectivity index (χ3v) is 8.02. The van der Waals surface area contributed by atoms with E-state index in [1.165, 1.54) is 6.42 Å². The molecule has 0 amide bonds. The average molecular weight is 459 g/mol. The summed E-state index contributed by atoms with van der Waals surface area (Å²) < 4.78 is 9.37. The average Bonchev–Trinajstić information content (AvgIpc) is 2.61. The van der Waals surface area contributed by atoms with E-state index in [-0.39, 0.29) is 32.0 Å². The Kier molecular flexibility index (Phi) is 10.2. The number of rotatable bonds is 10. The van der Waals surface area contributed by atoms with Gasteiger partial charge in [-0.15, -0.1) is 25.3 Å². The van der Waals surface area contributed by atoms with E-state index in [9.17, 15) is 15.0 Å². The molecular weight excluding hydrogens is 424 g/mol. The molecule has 0 spiro atoms. The molecule has 1 fully saturated rings. The van der Waals surface area contributed by atoms with E-state index in [0.29, 0.717) is 11.8 Å². The molecule has 2 atom stereocenters. The molecule has 0 radical (unpaired) electrons. The molecule has 0 aromatic carbocycles. The zero-order chi connectivity index (χ0) is 20.9. The summed E-state index contributed by atoms with van der Waals surface area (Å²) in [6.07, 6.45) is 4.15. The molecule has 0 heterocycles. The molecule has 0 aromatic rings. The minimum Gasteiger partial charge on any atom is -0.463 e. The monoisotopic (exact) mass is 458 g/mol. The third kappa shape index (κ3) is 6.62. The highest BCUT2D eigenvalue weighted by Crippen LogP contribution is 2.41. The predicted octanol–water partition coefficient (Wildman–Crippen LogP) is 2.86. The number of aliphatic hydroxyl groups excluding tert-OH is 2. The van der Waals surface area contributed by atoms with Gasteiger partial charge in [0.1, 0.15) is 6.61 Å². The van der Waals surface area contributed by atoms with E-state index in [4.69, 9.17) is 9.47 Å². The first kappa shape index (κ1) is 25.8. The Hall–Kier alpha value is 0.750. The van der Waals surface area contributed by atoms with Crippen molar-refractivity contribution in [2.24, 2.45) is 17.3 Å². The summed E-state index contributed by atoms with van der Waals surface area (Å²) in [5, 5.41) is 19.8. The van der Waals surface area contributed by atoms with Crippen molar-refractivity contribution >= 4 is 56.5 Å². The first-order valence-electron chi connectivity index (χ1n) is 9.28. The Morgan fingerprint density at radius 3 is 2.26 bits per heavy atom. The third-order valence-electron chi connectivity index (χ3n) is 5.55. The van der Waals surface area contributed by atoms with Crippen molar-refractivity contribution in [2.75, 3.05) is 26.4 Å². The van der Waals surface area contributed by atoms with Gasteiger partial charge in [0, 0.05) is 0 Å². The van der Waals surface area contributed by atoms with Crippen molar-refractivity contribution in [3.63, 3.8) is 0 Å². The zero-order valence-corrected chi connectivity index (χ0v) is 19.9. The van der Waals surface area contributed by atoms with Crippen LogP contribution in [-0.2, 0) is 14.3 Å². The van der Waals surface area contributed by atoms with Crippen molar-refractivity contribution in [1.82, 2.24) is 0 Å². The fourth-order valence-electron chi connectivity index (χ4n) is 3.37. The first-order chi connectivity index (χ1) is 12.4. The highest BCUT2D eigenvalue weighted by Gasteiger charge is 2.43. The lowest BCUT2D eigenvalue weighted by Gasteiger charge is -2.45. The maximum Gasteiger partial charge on any atom is 0.334 e. The van der Waals surface area contributed by atoms with Crippen LogP contribution in [0.5, 0.6) is 0 Å². The largest absolute Gasteiger partial charge is 0.463 e. The number of carbonyl (C=O) groups excluding carboxylic acids is 1. The fraction of sp³-hybridized carbons (Fsp3) is 0.944. The van der Waals surface area contributed by atoms with E-state index in [1.807, 2.05) is 0 Å². The Balaban J connectivity index is 2.83. The summed E-state index contributed by atoms with van der Waals surface area (Å²) in [5.41, 5.74) is -1.39. The standard InChI is InChI=1S/C18H34O5S4/c1-12(2)17(6-4-5-13(3)7-17)23-11-16(8-19,9-20)10-22-14(21)18(26,27)15(24)25/h12-13,15,19-20,24-27H,4-11H2,1-3H3. The molecule has 27 heavy (non-hydrogen) atoms. The van der Waals surface area contributed by atoms with Crippen LogP contribution in [0.15, 0.2) is 0 Å². The van der Waals surface area contributed by atoms with Gasteiger partial charge in [-0.2, -0.15) is 25.3 Å². The van der Waals surface area contributed by atoms with Gasteiger partial charge in [-0.05, 0) is 24.7 Å². The van der Waals surface area contributed by atoms with E-state index < -0.39 is 20.0 Å². The predicted molar refractivity (Wildman–Crippen MR) is 121 cm³/mol. The molecule has 1 saturated carbocycles. The van der Waals surface area contributed by atoms with Crippen molar-refractivity contribution in [3.05, 3.63) is 0 Å². The van der Waals surface area contributed by atoms with Gasteiger partial charge >= 0.3 is 5.97 Å². The van der Waals surface area contributed by atoms with Gasteiger partial charge in [0.05, 0.1) is 35.4 Å². The topological polar surface area (TPSA) is 76.0 Å². The molecule has 9 heteroatoms. The number of ether oxygens (including phenoxy) is 2. The molecular formula is C18H34O5S4. The van der Waals surface area contributed by atoms with Crippen LogP contribution in [0.1, 0.15) is 46.5 Å². The summed E-state index contributed by atoms with van der Waals surface area (Å²) >= 11 is 16.4.